The Labute approximate surface area is 93.2 Å². The van der Waals surface area contributed by atoms with Crippen LogP contribution in [0.3, 0.4) is 0 Å². The van der Waals surface area contributed by atoms with E-state index >= 15 is 0 Å². The summed E-state index contributed by atoms with van der Waals surface area (Å²) in [5, 5.41) is 0. The maximum absolute atomic E-state index is 5.07. The summed E-state index contributed by atoms with van der Waals surface area (Å²) in [7, 11) is 1.66. The number of benzene rings is 1. The lowest BCUT2D eigenvalue weighted by atomic mass is 10.3. The fraction of sp³-hybridized carbons (Fsp3) is 0.538. The number of hydrogen-bond acceptors (Lipinski definition) is 2. The second-order valence-electron chi connectivity index (χ2n) is 3.07. The Morgan fingerprint density at radius 2 is 1.73 bits per heavy atom. The summed E-state index contributed by atoms with van der Waals surface area (Å²) >= 11 is 0. The van der Waals surface area contributed by atoms with Gasteiger partial charge in [-0.1, -0.05) is 31.5 Å². The van der Waals surface area contributed by atoms with Crippen molar-refractivity contribution < 1.29 is 9.47 Å². The van der Waals surface area contributed by atoms with Crippen molar-refractivity contribution in [2.75, 3.05) is 20.3 Å². The first kappa shape index (κ1) is 14.0. The molecule has 0 aliphatic heterocycles. The van der Waals surface area contributed by atoms with Crippen LogP contribution >= 0.6 is 0 Å². The third-order valence-electron chi connectivity index (χ3n) is 1.83. The molecule has 0 bridgehead atoms. The zero-order valence-electron chi connectivity index (χ0n) is 10.0. The minimum Gasteiger partial charge on any atom is -0.497 e. The number of ether oxygens (including phenoxy) is 2. The molecule has 0 atom stereocenters. The molecule has 1 aromatic carbocycles. The summed E-state index contributed by atoms with van der Waals surface area (Å²) < 4.78 is 9.99. The Morgan fingerprint density at radius 1 is 1.07 bits per heavy atom. The lowest BCUT2D eigenvalue weighted by Crippen LogP contribution is -1.90. The summed E-state index contributed by atoms with van der Waals surface area (Å²) in [4.78, 5) is 0. The molecule has 1 rings (SSSR count). The number of unbranched alkanes of at least 4 members (excludes halogenated alkanes) is 1. The van der Waals surface area contributed by atoms with E-state index in [0.29, 0.717) is 0 Å². The van der Waals surface area contributed by atoms with Crippen LogP contribution in [0.25, 0.3) is 0 Å². The molecular weight excluding hydrogens is 188 g/mol. The molecule has 0 N–H and O–H groups in total. The van der Waals surface area contributed by atoms with Crippen molar-refractivity contribution in [3.8, 4) is 5.75 Å². The number of methoxy groups -OCH3 is 1. The van der Waals surface area contributed by atoms with Gasteiger partial charge in [0.05, 0.1) is 7.11 Å². The minimum absolute atomic E-state index is 0.861. The van der Waals surface area contributed by atoms with Crippen molar-refractivity contribution >= 4 is 0 Å². The molecule has 0 saturated carbocycles. The molecule has 0 aromatic heterocycles. The van der Waals surface area contributed by atoms with Gasteiger partial charge >= 0.3 is 0 Å². The highest BCUT2D eigenvalue weighted by atomic mass is 16.5. The van der Waals surface area contributed by atoms with Crippen LogP contribution in [0.4, 0.5) is 0 Å². The molecule has 0 aliphatic rings. The lowest BCUT2D eigenvalue weighted by molar-refractivity contribution is 0.144. The van der Waals surface area contributed by atoms with E-state index in [9.17, 15) is 0 Å². The molecule has 86 valence electrons. The van der Waals surface area contributed by atoms with Crippen LogP contribution in [-0.2, 0) is 4.74 Å². The standard InChI is InChI=1S/C7H8O.C6H14O/c1-8-7-5-3-2-4-6-7;1-3-5-6-7-4-2/h2-6H,1H3;3-6H2,1-2H3. The van der Waals surface area contributed by atoms with Gasteiger partial charge in [0.2, 0.25) is 0 Å². The van der Waals surface area contributed by atoms with Crippen molar-refractivity contribution in [2.24, 2.45) is 0 Å². The van der Waals surface area contributed by atoms with Crippen LogP contribution in [0.5, 0.6) is 5.75 Å². The molecule has 15 heavy (non-hydrogen) atoms. The maximum atomic E-state index is 5.07. The zero-order valence-corrected chi connectivity index (χ0v) is 10.0. The van der Waals surface area contributed by atoms with Crippen molar-refractivity contribution in [1.82, 2.24) is 0 Å². The first-order chi connectivity index (χ1) is 7.35. The monoisotopic (exact) mass is 210 g/mol. The molecule has 0 spiro atoms. The summed E-state index contributed by atoms with van der Waals surface area (Å²) in [6.45, 7) is 5.99. The van der Waals surface area contributed by atoms with Gasteiger partial charge < -0.3 is 9.47 Å². The van der Waals surface area contributed by atoms with Gasteiger partial charge in [-0.15, -0.1) is 0 Å². The third kappa shape index (κ3) is 9.29. The fourth-order valence-electron chi connectivity index (χ4n) is 0.947. The Balaban J connectivity index is 0.000000265. The molecule has 0 heterocycles. The number of rotatable bonds is 5. The fourth-order valence-corrected chi connectivity index (χ4v) is 0.947. The Morgan fingerprint density at radius 3 is 2.13 bits per heavy atom. The van der Waals surface area contributed by atoms with E-state index < -0.39 is 0 Å². The average Bonchev–Trinajstić information content (AvgIpc) is 2.32. The van der Waals surface area contributed by atoms with Gasteiger partial charge in [-0.3, -0.25) is 0 Å². The van der Waals surface area contributed by atoms with Crippen LogP contribution in [0, 0.1) is 0 Å². The van der Waals surface area contributed by atoms with E-state index in [2.05, 4.69) is 6.92 Å². The second kappa shape index (κ2) is 11.1. The van der Waals surface area contributed by atoms with Gasteiger partial charge in [0, 0.05) is 13.2 Å². The minimum atomic E-state index is 0.861. The topological polar surface area (TPSA) is 18.5 Å². The summed E-state index contributed by atoms with van der Waals surface area (Å²) in [6, 6.07) is 9.68. The number of hydrogen-bond donors (Lipinski definition) is 0. The van der Waals surface area contributed by atoms with E-state index in [0.717, 1.165) is 19.0 Å². The van der Waals surface area contributed by atoms with Crippen molar-refractivity contribution in [2.45, 2.75) is 26.7 Å². The van der Waals surface area contributed by atoms with Gasteiger partial charge in [0.15, 0.2) is 0 Å². The Bertz CT molecular complexity index is 205. The maximum Gasteiger partial charge on any atom is 0.118 e. The highest BCUT2D eigenvalue weighted by Crippen LogP contribution is 2.05. The van der Waals surface area contributed by atoms with E-state index in [1.165, 1.54) is 12.8 Å². The first-order valence-electron chi connectivity index (χ1n) is 5.51. The van der Waals surface area contributed by atoms with Gasteiger partial charge in [-0.05, 0) is 25.5 Å². The SMILES string of the molecule is CCCCOCC.COc1ccccc1. The van der Waals surface area contributed by atoms with E-state index in [4.69, 9.17) is 9.47 Å². The van der Waals surface area contributed by atoms with Crippen LogP contribution in [0.2, 0.25) is 0 Å². The molecular formula is C13H22O2. The largest absolute Gasteiger partial charge is 0.497 e. The quantitative estimate of drug-likeness (QED) is 0.692. The van der Waals surface area contributed by atoms with Crippen LogP contribution in [0.1, 0.15) is 26.7 Å². The Kier molecular flexibility index (Phi) is 10.3. The van der Waals surface area contributed by atoms with Gasteiger partial charge in [-0.25, -0.2) is 0 Å². The van der Waals surface area contributed by atoms with E-state index in [1.54, 1.807) is 7.11 Å². The third-order valence-corrected chi connectivity index (χ3v) is 1.83. The Hall–Kier alpha value is -1.02. The highest BCUT2D eigenvalue weighted by Gasteiger charge is 1.80. The van der Waals surface area contributed by atoms with Crippen LogP contribution in [-0.4, -0.2) is 20.3 Å². The lowest BCUT2D eigenvalue weighted by Gasteiger charge is -1.94. The van der Waals surface area contributed by atoms with Crippen molar-refractivity contribution in [3.05, 3.63) is 30.3 Å². The van der Waals surface area contributed by atoms with Gasteiger partial charge in [0.1, 0.15) is 5.75 Å². The summed E-state index contributed by atoms with van der Waals surface area (Å²) in [5.74, 6) is 0.910. The van der Waals surface area contributed by atoms with E-state index in [1.807, 2.05) is 37.3 Å². The van der Waals surface area contributed by atoms with Crippen molar-refractivity contribution in [1.29, 1.82) is 0 Å². The molecule has 0 fully saturated rings. The molecule has 0 aliphatic carbocycles. The predicted octanol–water partition coefficient (Wildman–Crippen LogP) is 3.52. The molecule has 0 radical (unpaired) electrons. The molecule has 2 heteroatoms. The van der Waals surface area contributed by atoms with Gasteiger partial charge in [-0.2, -0.15) is 0 Å². The highest BCUT2D eigenvalue weighted by molar-refractivity contribution is 5.20. The summed E-state index contributed by atoms with van der Waals surface area (Å²) in [5.41, 5.74) is 0. The molecule has 0 saturated heterocycles. The molecule has 2 nitrogen and oxygen atoms in total. The molecule has 0 unspecified atom stereocenters. The summed E-state index contributed by atoms with van der Waals surface area (Å²) in [6.07, 6.45) is 2.44. The molecule has 1 aromatic rings. The second-order valence-corrected chi connectivity index (χ2v) is 3.07. The average molecular weight is 210 g/mol. The number of para-hydroxylation sites is 1. The predicted molar refractivity (Wildman–Crippen MR) is 64.4 cm³/mol. The normalized spacial score (nSPS) is 9.00. The van der Waals surface area contributed by atoms with Gasteiger partial charge in [0.25, 0.3) is 0 Å². The van der Waals surface area contributed by atoms with E-state index in [-0.39, 0.29) is 0 Å². The molecule has 0 amide bonds. The van der Waals surface area contributed by atoms with Crippen molar-refractivity contribution in [3.63, 3.8) is 0 Å². The van der Waals surface area contributed by atoms with Crippen LogP contribution < -0.4 is 4.74 Å². The van der Waals surface area contributed by atoms with Crippen LogP contribution in [0.15, 0.2) is 30.3 Å². The first-order valence-corrected chi connectivity index (χ1v) is 5.51. The smallest absolute Gasteiger partial charge is 0.118 e. The zero-order chi connectivity index (χ0) is 11.4.